The Hall–Kier alpha value is -2.54. The number of nitrogens with zero attached hydrogens (tertiary/aromatic N) is 3. The van der Waals surface area contributed by atoms with Gasteiger partial charge in [0.2, 0.25) is 11.9 Å². The fourth-order valence-electron chi connectivity index (χ4n) is 3.09. The van der Waals surface area contributed by atoms with Gasteiger partial charge in [0.15, 0.2) is 0 Å². The van der Waals surface area contributed by atoms with Gasteiger partial charge < -0.3 is 4.90 Å². The first-order chi connectivity index (χ1) is 13.3. The Bertz CT molecular complexity index is 927. The van der Waals surface area contributed by atoms with Gasteiger partial charge in [-0.15, -0.1) is 0 Å². The summed E-state index contributed by atoms with van der Waals surface area (Å²) < 4.78 is 0.894. The first-order valence-electron chi connectivity index (χ1n) is 9.09. The van der Waals surface area contributed by atoms with Crippen LogP contribution >= 0.6 is 15.9 Å². The van der Waals surface area contributed by atoms with E-state index in [4.69, 9.17) is 0 Å². The van der Waals surface area contributed by atoms with Crippen LogP contribution < -0.4 is 5.32 Å². The average molecular weight is 443 g/mol. The van der Waals surface area contributed by atoms with Crippen molar-refractivity contribution in [1.29, 1.82) is 0 Å². The van der Waals surface area contributed by atoms with E-state index in [0.717, 1.165) is 27.6 Å². The third-order valence-electron chi connectivity index (χ3n) is 4.87. The summed E-state index contributed by atoms with van der Waals surface area (Å²) in [4.78, 5) is 34.7. The van der Waals surface area contributed by atoms with Crippen molar-refractivity contribution < 1.29 is 9.59 Å². The summed E-state index contributed by atoms with van der Waals surface area (Å²) >= 11 is 3.47. The Morgan fingerprint density at radius 3 is 2.54 bits per heavy atom. The second kappa shape index (κ2) is 8.22. The number of halogens is 1. The highest BCUT2D eigenvalue weighted by Gasteiger charge is 2.36. The number of likely N-dealkylation sites (N-methyl/N-ethyl adjacent to an activating group) is 1. The van der Waals surface area contributed by atoms with E-state index in [-0.39, 0.29) is 24.3 Å². The summed E-state index contributed by atoms with van der Waals surface area (Å²) in [6, 6.07) is 5.53. The molecule has 0 saturated heterocycles. The molecule has 3 rings (SSSR count). The molecule has 2 amide bonds. The standard InChI is InChI=1S/C21H23BrN4O2/c1-12-9-23-21(24-10-12)25-19(27)11-26(4)20(28)16-6-5-15(22)8-18(16)14(3)17-7-13(17)2/h5-6,8-10,13,17H,3,7,11H2,1-2,4H3,(H,23,24,25,27)/t13-,17?/m1/s1. The molecule has 28 heavy (non-hydrogen) atoms. The van der Waals surface area contributed by atoms with E-state index in [0.29, 0.717) is 17.4 Å². The molecule has 1 aromatic heterocycles. The maximum Gasteiger partial charge on any atom is 0.254 e. The molecule has 0 radical (unpaired) electrons. The van der Waals surface area contributed by atoms with E-state index in [1.54, 1.807) is 25.5 Å². The van der Waals surface area contributed by atoms with Gasteiger partial charge in [-0.2, -0.15) is 0 Å². The Labute approximate surface area is 173 Å². The Morgan fingerprint density at radius 2 is 1.93 bits per heavy atom. The smallest absolute Gasteiger partial charge is 0.254 e. The minimum Gasteiger partial charge on any atom is -0.332 e. The van der Waals surface area contributed by atoms with E-state index >= 15 is 0 Å². The van der Waals surface area contributed by atoms with Crippen molar-refractivity contribution >= 4 is 39.3 Å². The summed E-state index contributed by atoms with van der Waals surface area (Å²) in [7, 11) is 1.60. The molecular formula is C21H23BrN4O2. The first-order valence-corrected chi connectivity index (χ1v) is 9.88. The van der Waals surface area contributed by atoms with Crippen molar-refractivity contribution in [2.45, 2.75) is 20.3 Å². The van der Waals surface area contributed by atoms with Crippen LogP contribution in [0.25, 0.3) is 5.57 Å². The van der Waals surface area contributed by atoms with Crippen LogP contribution in [0.5, 0.6) is 0 Å². The number of anilines is 1. The van der Waals surface area contributed by atoms with Crippen LogP contribution in [0.3, 0.4) is 0 Å². The van der Waals surface area contributed by atoms with Gasteiger partial charge in [0, 0.05) is 29.5 Å². The third kappa shape index (κ3) is 4.65. The van der Waals surface area contributed by atoms with Crippen molar-refractivity contribution in [2.75, 3.05) is 18.9 Å². The molecule has 7 heteroatoms. The number of rotatable bonds is 6. The lowest BCUT2D eigenvalue weighted by molar-refractivity contribution is -0.116. The predicted octanol–water partition coefficient (Wildman–Crippen LogP) is 3.93. The lowest BCUT2D eigenvalue weighted by Crippen LogP contribution is -2.35. The van der Waals surface area contributed by atoms with Crippen LogP contribution in [0.1, 0.15) is 34.8 Å². The zero-order valence-electron chi connectivity index (χ0n) is 16.2. The molecule has 146 valence electrons. The van der Waals surface area contributed by atoms with Gasteiger partial charge in [-0.25, -0.2) is 9.97 Å². The second-order valence-corrected chi connectivity index (χ2v) is 8.24. The van der Waals surface area contributed by atoms with E-state index in [1.807, 2.05) is 19.1 Å². The van der Waals surface area contributed by atoms with Crippen LogP contribution in [0.15, 0.2) is 41.6 Å². The van der Waals surface area contributed by atoms with Crippen molar-refractivity contribution in [3.63, 3.8) is 0 Å². The number of hydrogen-bond acceptors (Lipinski definition) is 4. The molecule has 0 aliphatic heterocycles. The maximum atomic E-state index is 13.0. The number of hydrogen-bond donors (Lipinski definition) is 1. The Kier molecular flexibility index (Phi) is 5.93. The van der Waals surface area contributed by atoms with Gasteiger partial charge in [0.1, 0.15) is 0 Å². The van der Waals surface area contributed by atoms with Crippen LogP contribution in [0, 0.1) is 18.8 Å². The molecule has 1 aliphatic carbocycles. The van der Waals surface area contributed by atoms with Gasteiger partial charge in [-0.05, 0) is 60.1 Å². The monoisotopic (exact) mass is 442 g/mol. The fraction of sp³-hybridized carbons (Fsp3) is 0.333. The first kappa shape index (κ1) is 20.2. The van der Waals surface area contributed by atoms with Crippen LogP contribution in [0.4, 0.5) is 5.95 Å². The number of allylic oxidation sites excluding steroid dienone is 1. The minimum atomic E-state index is -0.354. The highest BCUT2D eigenvalue weighted by molar-refractivity contribution is 9.10. The van der Waals surface area contributed by atoms with E-state index in [9.17, 15) is 9.59 Å². The predicted molar refractivity (Wildman–Crippen MR) is 113 cm³/mol. The highest BCUT2D eigenvalue weighted by atomic mass is 79.9. The molecule has 6 nitrogen and oxygen atoms in total. The van der Waals surface area contributed by atoms with Crippen LogP contribution in [0.2, 0.25) is 0 Å². The minimum absolute atomic E-state index is 0.0993. The van der Waals surface area contributed by atoms with Gasteiger partial charge in [-0.1, -0.05) is 29.4 Å². The fourth-order valence-corrected chi connectivity index (χ4v) is 3.45. The maximum absolute atomic E-state index is 13.0. The van der Waals surface area contributed by atoms with Crippen LogP contribution in [-0.2, 0) is 4.79 Å². The number of benzene rings is 1. The molecule has 1 saturated carbocycles. The number of amides is 2. The molecule has 1 fully saturated rings. The van der Waals surface area contributed by atoms with Crippen molar-refractivity contribution in [1.82, 2.24) is 14.9 Å². The van der Waals surface area contributed by atoms with Gasteiger partial charge in [0.25, 0.3) is 5.91 Å². The average Bonchev–Trinajstić information content (AvgIpc) is 3.39. The van der Waals surface area contributed by atoms with Crippen molar-refractivity contribution in [3.05, 3.63) is 58.3 Å². The van der Waals surface area contributed by atoms with Crippen molar-refractivity contribution in [2.24, 2.45) is 11.8 Å². The van der Waals surface area contributed by atoms with E-state index in [2.05, 4.69) is 44.7 Å². The summed E-state index contributed by atoms with van der Waals surface area (Å²) in [5, 5.41) is 2.61. The number of aromatic nitrogens is 2. The van der Waals surface area contributed by atoms with E-state index < -0.39 is 0 Å². The van der Waals surface area contributed by atoms with Crippen LogP contribution in [-0.4, -0.2) is 40.3 Å². The SMILES string of the molecule is C=C(c1cc(Br)ccc1C(=O)N(C)CC(=O)Nc1ncc(C)cn1)C1C[C@H]1C. The normalized spacial score (nSPS) is 17.7. The number of carbonyl (C=O) groups is 2. The lowest BCUT2D eigenvalue weighted by Gasteiger charge is -2.19. The largest absolute Gasteiger partial charge is 0.332 e. The Balaban J connectivity index is 1.71. The molecule has 1 unspecified atom stereocenters. The molecule has 2 atom stereocenters. The molecule has 1 N–H and O–H groups in total. The van der Waals surface area contributed by atoms with Gasteiger partial charge in [-0.3, -0.25) is 14.9 Å². The van der Waals surface area contributed by atoms with Gasteiger partial charge >= 0.3 is 0 Å². The molecule has 0 bridgehead atoms. The molecular weight excluding hydrogens is 420 g/mol. The van der Waals surface area contributed by atoms with E-state index in [1.165, 1.54) is 4.90 Å². The third-order valence-corrected chi connectivity index (χ3v) is 5.37. The summed E-state index contributed by atoms with van der Waals surface area (Å²) in [6.07, 6.45) is 4.33. The number of carbonyl (C=O) groups excluding carboxylic acids is 2. The number of nitrogens with one attached hydrogen (secondary N) is 1. The zero-order chi connectivity index (χ0) is 20.4. The van der Waals surface area contributed by atoms with Gasteiger partial charge in [0.05, 0.1) is 6.54 Å². The topological polar surface area (TPSA) is 75.2 Å². The quantitative estimate of drug-likeness (QED) is 0.734. The molecule has 1 aliphatic rings. The molecule has 1 heterocycles. The zero-order valence-corrected chi connectivity index (χ0v) is 17.8. The molecule has 1 aromatic carbocycles. The summed E-state index contributed by atoms with van der Waals surface area (Å²) in [5.74, 6) is 0.641. The second-order valence-electron chi connectivity index (χ2n) is 7.33. The summed E-state index contributed by atoms with van der Waals surface area (Å²) in [6.45, 7) is 8.16. The molecule has 0 spiro atoms. The Morgan fingerprint density at radius 1 is 1.29 bits per heavy atom. The summed E-state index contributed by atoms with van der Waals surface area (Å²) in [5.41, 5.74) is 3.26. The van der Waals surface area contributed by atoms with Crippen molar-refractivity contribution in [3.8, 4) is 0 Å². The molecule has 2 aromatic rings. The lowest BCUT2D eigenvalue weighted by atomic mass is 9.96. The number of aryl methyl sites for hydroxylation is 1. The highest BCUT2D eigenvalue weighted by Crippen LogP contribution is 2.47.